The summed E-state index contributed by atoms with van der Waals surface area (Å²) in [6.45, 7) is 4.07. The number of benzene rings is 3. The van der Waals surface area contributed by atoms with Crippen molar-refractivity contribution in [3.8, 4) is 5.75 Å². The lowest BCUT2D eigenvalue weighted by molar-refractivity contribution is -0.127. The van der Waals surface area contributed by atoms with Gasteiger partial charge < -0.3 is 15.4 Å². The van der Waals surface area contributed by atoms with E-state index in [1.807, 2.05) is 79.0 Å². The third-order valence-electron chi connectivity index (χ3n) is 5.18. The van der Waals surface area contributed by atoms with E-state index in [0.717, 1.165) is 26.9 Å². The first kappa shape index (κ1) is 21.6. The van der Waals surface area contributed by atoms with Crippen LogP contribution >= 0.6 is 11.3 Å². The third-order valence-corrected chi connectivity index (χ3v) is 6.05. The summed E-state index contributed by atoms with van der Waals surface area (Å²) in [6.07, 6.45) is -0.763. The number of amides is 2. The quantitative estimate of drug-likeness (QED) is 0.393. The van der Waals surface area contributed by atoms with Crippen LogP contribution in [0.2, 0.25) is 0 Å². The van der Waals surface area contributed by atoms with Crippen LogP contribution in [0.4, 0.5) is 5.69 Å². The number of carbonyl (C=O) groups is 2. The number of thiophene rings is 1. The summed E-state index contributed by atoms with van der Waals surface area (Å²) in [5.41, 5.74) is 2.08. The fourth-order valence-electron chi connectivity index (χ4n) is 3.37. The zero-order chi connectivity index (χ0) is 22.5. The number of para-hydroxylation sites is 1. The number of rotatable bonds is 7. The van der Waals surface area contributed by atoms with Crippen molar-refractivity contribution < 1.29 is 14.3 Å². The Morgan fingerprint density at radius 3 is 2.41 bits per heavy atom. The minimum absolute atomic E-state index is 0.239. The Balaban J connectivity index is 1.58. The number of nitrogens with one attached hydrogen (secondary N) is 2. The first-order valence-electron chi connectivity index (χ1n) is 10.4. The molecule has 3 aromatic carbocycles. The number of fused-ring (bicyclic) bond motifs is 1. The van der Waals surface area contributed by atoms with E-state index in [9.17, 15) is 9.59 Å². The van der Waals surface area contributed by atoms with Gasteiger partial charge in [-0.1, -0.05) is 48.5 Å². The van der Waals surface area contributed by atoms with Crippen molar-refractivity contribution in [3.05, 3.63) is 94.2 Å². The fourth-order valence-corrected chi connectivity index (χ4v) is 4.02. The number of hydrogen-bond acceptors (Lipinski definition) is 4. The maximum atomic E-state index is 13.2. The molecule has 162 valence electrons. The molecule has 32 heavy (non-hydrogen) atoms. The molecule has 0 aliphatic carbocycles. The van der Waals surface area contributed by atoms with E-state index in [2.05, 4.69) is 10.6 Å². The molecule has 1 heterocycles. The molecule has 0 radical (unpaired) electrons. The smallest absolute Gasteiger partial charge is 0.261 e. The van der Waals surface area contributed by atoms with Crippen LogP contribution in [0.25, 0.3) is 10.8 Å². The lowest BCUT2D eigenvalue weighted by atomic mass is 10.0. The van der Waals surface area contributed by atoms with Crippen LogP contribution in [0.5, 0.6) is 5.75 Å². The summed E-state index contributed by atoms with van der Waals surface area (Å²) < 4.78 is 6.00. The zero-order valence-electron chi connectivity index (χ0n) is 17.9. The lowest BCUT2D eigenvalue weighted by Gasteiger charge is -2.18. The monoisotopic (exact) mass is 444 g/mol. The summed E-state index contributed by atoms with van der Waals surface area (Å²) in [4.78, 5) is 26.8. The molecule has 6 heteroatoms. The minimum atomic E-state index is -0.763. The van der Waals surface area contributed by atoms with Crippen molar-refractivity contribution in [1.29, 1.82) is 0 Å². The highest BCUT2D eigenvalue weighted by molar-refractivity contribution is 7.09. The molecule has 5 nitrogen and oxygen atoms in total. The SMILES string of the molecule is Cc1ccccc1NC(=O)c1cc2ccccc2cc1O[C@@H](C)C(=O)NCc1cccs1. The van der Waals surface area contributed by atoms with Gasteiger partial charge in [-0.2, -0.15) is 0 Å². The lowest BCUT2D eigenvalue weighted by Crippen LogP contribution is -2.36. The normalized spacial score (nSPS) is 11.7. The van der Waals surface area contributed by atoms with E-state index >= 15 is 0 Å². The van der Waals surface area contributed by atoms with Crippen LogP contribution in [-0.4, -0.2) is 17.9 Å². The second-order valence-corrected chi connectivity index (χ2v) is 8.55. The number of aryl methyl sites for hydroxylation is 1. The van der Waals surface area contributed by atoms with E-state index in [0.29, 0.717) is 17.9 Å². The first-order valence-corrected chi connectivity index (χ1v) is 11.3. The van der Waals surface area contributed by atoms with Gasteiger partial charge in [0.25, 0.3) is 11.8 Å². The Morgan fingerprint density at radius 1 is 0.969 bits per heavy atom. The summed E-state index contributed by atoms with van der Waals surface area (Å²) in [5.74, 6) is -0.156. The van der Waals surface area contributed by atoms with Gasteiger partial charge in [0.05, 0.1) is 12.1 Å². The molecule has 0 saturated carbocycles. The van der Waals surface area contributed by atoms with E-state index in [4.69, 9.17) is 4.74 Å². The van der Waals surface area contributed by atoms with E-state index in [-0.39, 0.29) is 11.8 Å². The summed E-state index contributed by atoms with van der Waals surface area (Å²) in [7, 11) is 0. The fraction of sp³-hybridized carbons (Fsp3) is 0.154. The molecular formula is C26H24N2O3S. The van der Waals surface area contributed by atoms with Crippen molar-refractivity contribution >= 4 is 39.6 Å². The highest BCUT2D eigenvalue weighted by Crippen LogP contribution is 2.28. The van der Waals surface area contributed by atoms with Gasteiger partial charge >= 0.3 is 0 Å². The van der Waals surface area contributed by atoms with Crippen LogP contribution in [0, 0.1) is 6.92 Å². The average Bonchev–Trinajstić information content (AvgIpc) is 3.32. The van der Waals surface area contributed by atoms with Crippen molar-refractivity contribution in [2.45, 2.75) is 26.5 Å². The maximum absolute atomic E-state index is 13.2. The standard InChI is InChI=1S/C26H24N2O3S/c1-17-8-3-6-12-23(17)28-26(30)22-14-19-9-4-5-10-20(19)15-24(22)31-18(2)25(29)27-16-21-11-7-13-32-21/h3-15,18H,16H2,1-2H3,(H,27,29)(H,28,30)/t18-/m0/s1. The van der Waals surface area contributed by atoms with Gasteiger partial charge in [-0.25, -0.2) is 0 Å². The molecule has 4 rings (SSSR count). The Morgan fingerprint density at radius 2 is 1.69 bits per heavy atom. The Kier molecular flexibility index (Phi) is 6.52. The highest BCUT2D eigenvalue weighted by Gasteiger charge is 2.20. The Bertz CT molecular complexity index is 1250. The van der Waals surface area contributed by atoms with Gasteiger partial charge in [0.1, 0.15) is 5.75 Å². The van der Waals surface area contributed by atoms with Crippen LogP contribution in [-0.2, 0) is 11.3 Å². The average molecular weight is 445 g/mol. The van der Waals surface area contributed by atoms with Crippen LogP contribution in [0.15, 0.2) is 78.2 Å². The van der Waals surface area contributed by atoms with Gasteiger partial charge in [-0.05, 0) is 59.8 Å². The van der Waals surface area contributed by atoms with Crippen molar-refractivity contribution in [3.63, 3.8) is 0 Å². The highest BCUT2D eigenvalue weighted by atomic mass is 32.1. The summed E-state index contributed by atoms with van der Waals surface area (Å²) in [5, 5.41) is 9.66. The maximum Gasteiger partial charge on any atom is 0.261 e. The second-order valence-electron chi connectivity index (χ2n) is 7.52. The van der Waals surface area contributed by atoms with Crippen molar-refractivity contribution in [1.82, 2.24) is 5.32 Å². The number of anilines is 1. The van der Waals surface area contributed by atoms with Crippen molar-refractivity contribution in [2.24, 2.45) is 0 Å². The molecule has 0 bridgehead atoms. The molecule has 0 aliphatic heterocycles. The molecule has 0 unspecified atom stereocenters. The van der Waals surface area contributed by atoms with Crippen LogP contribution < -0.4 is 15.4 Å². The molecule has 1 atom stereocenters. The van der Waals surface area contributed by atoms with Crippen LogP contribution in [0.3, 0.4) is 0 Å². The number of carbonyl (C=O) groups excluding carboxylic acids is 2. The van der Waals surface area contributed by atoms with E-state index < -0.39 is 6.10 Å². The Hall–Kier alpha value is -3.64. The molecule has 2 N–H and O–H groups in total. The number of hydrogen-bond donors (Lipinski definition) is 2. The van der Waals surface area contributed by atoms with Gasteiger partial charge in [-0.3, -0.25) is 9.59 Å². The molecule has 4 aromatic rings. The minimum Gasteiger partial charge on any atom is -0.480 e. The van der Waals surface area contributed by atoms with Crippen LogP contribution in [0.1, 0.15) is 27.7 Å². The van der Waals surface area contributed by atoms with Gasteiger partial charge in [0.15, 0.2) is 6.10 Å². The topological polar surface area (TPSA) is 67.4 Å². The number of ether oxygens (including phenoxy) is 1. The molecule has 1 aromatic heterocycles. The van der Waals surface area contributed by atoms with E-state index in [1.54, 1.807) is 24.3 Å². The molecule has 0 aliphatic rings. The summed E-state index contributed by atoms with van der Waals surface area (Å²) in [6, 6.07) is 22.9. The van der Waals surface area contributed by atoms with Gasteiger partial charge in [-0.15, -0.1) is 11.3 Å². The summed E-state index contributed by atoms with van der Waals surface area (Å²) >= 11 is 1.58. The molecule has 0 spiro atoms. The third kappa shape index (κ3) is 4.98. The molecular weight excluding hydrogens is 420 g/mol. The Labute approximate surface area is 191 Å². The molecule has 0 saturated heterocycles. The van der Waals surface area contributed by atoms with Crippen molar-refractivity contribution in [2.75, 3.05) is 5.32 Å². The molecule has 2 amide bonds. The first-order chi connectivity index (χ1) is 15.5. The molecule has 0 fully saturated rings. The van der Waals surface area contributed by atoms with Gasteiger partial charge in [0.2, 0.25) is 0 Å². The second kappa shape index (κ2) is 9.66. The predicted molar refractivity (Wildman–Crippen MR) is 129 cm³/mol. The van der Waals surface area contributed by atoms with E-state index in [1.165, 1.54) is 0 Å². The largest absolute Gasteiger partial charge is 0.480 e. The van der Waals surface area contributed by atoms with Gasteiger partial charge in [0, 0.05) is 10.6 Å². The predicted octanol–water partition coefficient (Wildman–Crippen LogP) is 5.55. The zero-order valence-corrected chi connectivity index (χ0v) is 18.7.